The molecule has 0 aromatic heterocycles. The average Bonchev–Trinajstić information content (AvgIpc) is 2.23. The molecule has 0 N–H and O–H groups in total. The minimum atomic E-state index is 0.741. The second-order valence-electron chi connectivity index (χ2n) is 3.04. The zero-order chi connectivity index (χ0) is 5.56. The summed E-state index contributed by atoms with van der Waals surface area (Å²) >= 11 is 0. The fourth-order valence-electron chi connectivity index (χ4n) is 1.89. The summed E-state index contributed by atoms with van der Waals surface area (Å²) in [5.74, 6) is 2.49. The van der Waals surface area contributed by atoms with Crippen LogP contribution in [0, 0.1) is 24.7 Å². The molecule has 3 atom stereocenters. The zero-order valence-corrected chi connectivity index (χ0v) is 5.01. The molecule has 2 rings (SSSR count). The van der Waals surface area contributed by atoms with Gasteiger partial charge >= 0.3 is 0 Å². The highest BCUT2D eigenvalue weighted by Crippen LogP contribution is 2.42. The van der Waals surface area contributed by atoms with Gasteiger partial charge < -0.3 is 0 Å². The molecule has 8 heavy (non-hydrogen) atoms. The van der Waals surface area contributed by atoms with Crippen LogP contribution in [0.5, 0.6) is 0 Å². The van der Waals surface area contributed by atoms with Crippen molar-refractivity contribution in [3.05, 3.63) is 19.1 Å². The Hall–Kier alpha value is -0.260. The van der Waals surface area contributed by atoms with Gasteiger partial charge in [-0.3, -0.25) is 0 Å². The predicted octanol–water partition coefficient (Wildman–Crippen LogP) is 2.03. The summed E-state index contributed by atoms with van der Waals surface area (Å²) in [6, 6.07) is 0. The van der Waals surface area contributed by atoms with E-state index in [1.54, 1.807) is 0 Å². The van der Waals surface area contributed by atoms with Crippen LogP contribution in [0.25, 0.3) is 0 Å². The van der Waals surface area contributed by atoms with Crippen LogP contribution in [-0.2, 0) is 0 Å². The van der Waals surface area contributed by atoms with E-state index in [-0.39, 0.29) is 0 Å². The second-order valence-corrected chi connectivity index (χ2v) is 3.04. The lowest BCUT2D eigenvalue weighted by atomic mass is 9.96. The second kappa shape index (κ2) is 1.37. The summed E-state index contributed by atoms with van der Waals surface area (Å²) in [7, 11) is 0. The predicted molar refractivity (Wildman–Crippen MR) is 34.2 cm³/mol. The Bertz CT molecular complexity index is 124. The van der Waals surface area contributed by atoms with Crippen LogP contribution in [0.1, 0.15) is 12.8 Å². The SMILES string of the molecule is [CH2]C1CC2C=CC1C2. The minimum Gasteiger partial charge on any atom is -0.0851 e. The fraction of sp³-hybridized carbons (Fsp3) is 0.625. The minimum absolute atomic E-state index is 0.741. The van der Waals surface area contributed by atoms with E-state index in [1.807, 2.05) is 0 Å². The van der Waals surface area contributed by atoms with Crippen molar-refractivity contribution >= 4 is 0 Å². The third-order valence-electron chi connectivity index (χ3n) is 2.42. The van der Waals surface area contributed by atoms with Crippen LogP contribution >= 0.6 is 0 Å². The highest BCUT2D eigenvalue weighted by Gasteiger charge is 2.32. The summed E-state index contributed by atoms with van der Waals surface area (Å²) in [5.41, 5.74) is 0. The molecule has 3 unspecified atom stereocenters. The van der Waals surface area contributed by atoms with Crippen LogP contribution in [0.3, 0.4) is 0 Å². The molecule has 0 aromatic carbocycles. The van der Waals surface area contributed by atoms with Crippen LogP contribution < -0.4 is 0 Å². The van der Waals surface area contributed by atoms with Crippen molar-refractivity contribution in [3.63, 3.8) is 0 Å². The first-order valence-corrected chi connectivity index (χ1v) is 3.37. The first kappa shape index (κ1) is 4.60. The monoisotopic (exact) mass is 107 g/mol. The van der Waals surface area contributed by atoms with Crippen molar-refractivity contribution < 1.29 is 0 Å². The Morgan fingerprint density at radius 1 is 1.25 bits per heavy atom. The molecule has 1 fully saturated rings. The maximum Gasteiger partial charge on any atom is -0.0199 e. The summed E-state index contributed by atoms with van der Waals surface area (Å²) < 4.78 is 0. The van der Waals surface area contributed by atoms with Gasteiger partial charge in [-0.2, -0.15) is 0 Å². The van der Waals surface area contributed by atoms with Gasteiger partial charge in [-0.05, 0) is 37.5 Å². The molecular formula is C8H11. The molecule has 0 amide bonds. The molecule has 1 saturated carbocycles. The third kappa shape index (κ3) is 0.460. The van der Waals surface area contributed by atoms with Crippen molar-refractivity contribution in [3.8, 4) is 0 Å². The molecule has 0 aliphatic heterocycles. The first-order valence-electron chi connectivity index (χ1n) is 3.37. The van der Waals surface area contributed by atoms with Gasteiger partial charge in [0, 0.05) is 0 Å². The van der Waals surface area contributed by atoms with E-state index in [2.05, 4.69) is 19.1 Å². The van der Waals surface area contributed by atoms with Gasteiger partial charge in [-0.15, -0.1) is 0 Å². The molecule has 2 bridgehead atoms. The van der Waals surface area contributed by atoms with E-state index >= 15 is 0 Å². The molecule has 0 saturated heterocycles. The number of allylic oxidation sites excluding steroid dienone is 2. The molecule has 2 aliphatic carbocycles. The maximum absolute atomic E-state index is 4.07. The normalized spacial score (nSPS) is 50.9. The Labute approximate surface area is 50.6 Å². The van der Waals surface area contributed by atoms with Crippen LogP contribution in [-0.4, -0.2) is 0 Å². The van der Waals surface area contributed by atoms with Crippen molar-refractivity contribution in [1.82, 2.24) is 0 Å². The molecule has 43 valence electrons. The quantitative estimate of drug-likeness (QED) is 0.415. The third-order valence-corrected chi connectivity index (χ3v) is 2.42. The zero-order valence-electron chi connectivity index (χ0n) is 5.01. The van der Waals surface area contributed by atoms with Gasteiger partial charge in [0.2, 0.25) is 0 Å². The smallest absolute Gasteiger partial charge is 0.0199 e. The lowest BCUT2D eigenvalue weighted by Gasteiger charge is -2.09. The van der Waals surface area contributed by atoms with Gasteiger partial charge in [0.1, 0.15) is 0 Å². The van der Waals surface area contributed by atoms with E-state index < -0.39 is 0 Å². The Morgan fingerprint density at radius 3 is 2.38 bits per heavy atom. The van der Waals surface area contributed by atoms with Crippen molar-refractivity contribution in [2.75, 3.05) is 0 Å². The summed E-state index contributed by atoms with van der Waals surface area (Å²) in [6.07, 6.45) is 7.44. The highest BCUT2D eigenvalue weighted by molar-refractivity contribution is 5.10. The molecule has 2 aliphatic rings. The van der Waals surface area contributed by atoms with Crippen LogP contribution in [0.4, 0.5) is 0 Å². The number of fused-ring (bicyclic) bond motifs is 2. The van der Waals surface area contributed by atoms with Crippen LogP contribution in [0.15, 0.2) is 12.2 Å². The molecular weight excluding hydrogens is 96.1 g/mol. The molecule has 0 spiro atoms. The highest BCUT2D eigenvalue weighted by atomic mass is 14.4. The van der Waals surface area contributed by atoms with Crippen molar-refractivity contribution in [2.24, 2.45) is 17.8 Å². The van der Waals surface area contributed by atoms with Gasteiger partial charge in [0.25, 0.3) is 0 Å². The van der Waals surface area contributed by atoms with E-state index in [0.717, 1.165) is 17.8 Å². The Morgan fingerprint density at radius 2 is 2.12 bits per heavy atom. The maximum atomic E-state index is 4.07. The molecule has 0 nitrogen and oxygen atoms in total. The summed E-state index contributed by atoms with van der Waals surface area (Å²) in [5, 5.41) is 0. The molecule has 0 aromatic rings. The van der Waals surface area contributed by atoms with Gasteiger partial charge in [0.05, 0.1) is 0 Å². The number of hydrogen-bond acceptors (Lipinski definition) is 0. The van der Waals surface area contributed by atoms with E-state index in [0.29, 0.717) is 0 Å². The Kier molecular flexibility index (Phi) is 0.787. The first-order chi connectivity index (χ1) is 3.86. The standard InChI is InChI=1S/C8H11/c1-6-4-7-2-3-8(6)5-7/h2-3,6-8H,1,4-5H2. The van der Waals surface area contributed by atoms with Crippen LogP contribution in [0.2, 0.25) is 0 Å². The molecule has 0 heterocycles. The number of rotatable bonds is 0. The van der Waals surface area contributed by atoms with Gasteiger partial charge in [-0.25, -0.2) is 0 Å². The van der Waals surface area contributed by atoms with E-state index in [1.165, 1.54) is 12.8 Å². The van der Waals surface area contributed by atoms with E-state index in [4.69, 9.17) is 0 Å². The number of hydrogen-bond donors (Lipinski definition) is 0. The average molecular weight is 107 g/mol. The lowest BCUT2D eigenvalue weighted by Crippen LogP contribution is -2.00. The van der Waals surface area contributed by atoms with Crippen molar-refractivity contribution in [2.45, 2.75) is 12.8 Å². The molecule has 0 heteroatoms. The van der Waals surface area contributed by atoms with Gasteiger partial charge in [-0.1, -0.05) is 12.2 Å². The van der Waals surface area contributed by atoms with Gasteiger partial charge in [0.15, 0.2) is 0 Å². The topological polar surface area (TPSA) is 0 Å². The summed E-state index contributed by atoms with van der Waals surface area (Å²) in [4.78, 5) is 0. The lowest BCUT2D eigenvalue weighted by molar-refractivity contribution is 0.546. The van der Waals surface area contributed by atoms with Crippen molar-refractivity contribution in [1.29, 1.82) is 0 Å². The van der Waals surface area contributed by atoms with E-state index in [9.17, 15) is 0 Å². The Balaban J connectivity index is 2.23. The fourth-order valence-corrected chi connectivity index (χ4v) is 1.89. The molecule has 1 radical (unpaired) electrons. The largest absolute Gasteiger partial charge is 0.0851 e. The summed E-state index contributed by atoms with van der Waals surface area (Å²) in [6.45, 7) is 4.07.